The molecule has 2 N–H and O–H groups in total. The highest BCUT2D eigenvalue weighted by Gasteiger charge is 2.38. The Kier molecular flexibility index (Phi) is 7.28. The molecule has 2 atom stereocenters. The summed E-state index contributed by atoms with van der Waals surface area (Å²) in [5.74, 6) is 0.910. The Bertz CT molecular complexity index is 558. The fourth-order valence-electron chi connectivity index (χ4n) is 3.43. The van der Waals surface area contributed by atoms with Gasteiger partial charge in [-0.3, -0.25) is 9.88 Å². The first-order valence-corrected chi connectivity index (χ1v) is 8.88. The Hall–Kier alpha value is -0.890. The largest absolute Gasteiger partial charge is 0.357 e. The van der Waals surface area contributed by atoms with Crippen molar-refractivity contribution < 1.29 is 0 Å². The third-order valence-corrected chi connectivity index (χ3v) is 4.83. The predicted molar refractivity (Wildman–Crippen MR) is 110 cm³/mol. The van der Waals surface area contributed by atoms with Gasteiger partial charge in [-0.25, -0.2) is 4.99 Å². The van der Waals surface area contributed by atoms with Crippen molar-refractivity contribution in [3.05, 3.63) is 29.6 Å². The van der Waals surface area contributed by atoms with Gasteiger partial charge in [-0.2, -0.15) is 0 Å². The molecule has 3 rings (SSSR count). The number of hydrogen-bond donors (Lipinski definition) is 2. The molecule has 2 fully saturated rings. The van der Waals surface area contributed by atoms with Gasteiger partial charge in [0.1, 0.15) is 0 Å². The first-order valence-electron chi connectivity index (χ1n) is 8.88. The van der Waals surface area contributed by atoms with E-state index in [4.69, 9.17) is 4.99 Å². The lowest BCUT2D eigenvalue weighted by atomic mass is 10.2. The van der Waals surface area contributed by atoms with E-state index in [9.17, 15) is 0 Å². The topological polar surface area (TPSA) is 52.6 Å². The third-order valence-electron chi connectivity index (χ3n) is 4.83. The second kappa shape index (κ2) is 8.99. The number of likely N-dealkylation sites (tertiary alicyclic amines) is 1. The molecule has 0 aromatic carbocycles. The number of nitrogens with zero attached hydrogens (tertiary/aromatic N) is 3. The number of halogens is 1. The monoisotopic (exact) mass is 443 g/mol. The first-order chi connectivity index (χ1) is 11.2. The van der Waals surface area contributed by atoms with Gasteiger partial charge in [-0.1, -0.05) is 6.07 Å². The predicted octanol–water partition coefficient (Wildman–Crippen LogP) is 2.69. The maximum Gasteiger partial charge on any atom is 0.191 e. The standard InChI is InChI=1S/C18H29N5.HI/c1-4-19-18(21-11-17-13(2)6-5-9-20-17)22-15-10-14(3)23(12-15)16-7-8-16;/h5-6,9,14-16H,4,7-8,10-12H2,1-3H3,(H2,19,21,22);1H. The van der Waals surface area contributed by atoms with Gasteiger partial charge in [-0.05, 0) is 51.7 Å². The van der Waals surface area contributed by atoms with Crippen LogP contribution in [0, 0.1) is 6.92 Å². The Morgan fingerprint density at radius 1 is 1.42 bits per heavy atom. The van der Waals surface area contributed by atoms with Crippen LogP contribution in [0.3, 0.4) is 0 Å². The molecule has 1 saturated heterocycles. The number of pyridine rings is 1. The normalized spacial score (nSPS) is 24.5. The Labute approximate surface area is 162 Å². The van der Waals surface area contributed by atoms with E-state index in [0.29, 0.717) is 18.6 Å². The van der Waals surface area contributed by atoms with Crippen LogP contribution in [0.25, 0.3) is 0 Å². The molecule has 2 heterocycles. The molecule has 24 heavy (non-hydrogen) atoms. The Morgan fingerprint density at radius 3 is 2.88 bits per heavy atom. The number of aliphatic imine (C=N–C) groups is 1. The Balaban J connectivity index is 0.00000208. The average Bonchev–Trinajstić information content (AvgIpc) is 3.30. The molecule has 1 aromatic heterocycles. The third kappa shape index (κ3) is 5.05. The molecule has 6 heteroatoms. The van der Waals surface area contributed by atoms with Crippen LogP contribution in [-0.4, -0.2) is 47.1 Å². The van der Waals surface area contributed by atoms with Crippen molar-refractivity contribution in [1.82, 2.24) is 20.5 Å². The van der Waals surface area contributed by atoms with Crippen LogP contribution in [0.4, 0.5) is 0 Å². The molecular weight excluding hydrogens is 413 g/mol. The van der Waals surface area contributed by atoms with Gasteiger partial charge in [-0.15, -0.1) is 24.0 Å². The van der Waals surface area contributed by atoms with Gasteiger partial charge in [0, 0.05) is 37.4 Å². The van der Waals surface area contributed by atoms with Crippen molar-refractivity contribution in [2.75, 3.05) is 13.1 Å². The van der Waals surface area contributed by atoms with Crippen molar-refractivity contribution in [2.24, 2.45) is 4.99 Å². The van der Waals surface area contributed by atoms with Crippen LogP contribution in [-0.2, 0) is 6.54 Å². The summed E-state index contributed by atoms with van der Waals surface area (Å²) in [7, 11) is 0. The maximum absolute atomic E-state index is 4.73. The van der Waals surface area contributed by atoms with Crippen LogP contribution in [0.1, 0.15) is 44.4 Å². The summed E-state index contributed by atoms with van der Waals surface area (Å²) >= 11 is 0. The molecule has 0 amide bonds. The number of aryl methyl sites for hydroxylation is 1. The molecule has 0 bridgehead atoms. The van der Waals surface area contributed by atoms with Gasteiger partial charge >= 0.3 is 0 Å². The lowest BCUT2D eigenvalue weighted by Crippen LogP contribution is -2.44. The molecule has 0 spiro atoms. The molecule has 0 radical (unpaired) electrons. The van der Waals surface area contributed by atoms with Crippen LogP contribution < -0.4 is 10.6 Å². The van der Waals surface area contributed by atoms with Crippen LogP contribution in [0.2, 0.25) is 0 Å². The second-order valence-corrected chi connectivity index (χ2v) is 6.82. The smallest absolute Gasteiger partial charge is 0.191 e. The summed E-state index contributed by atoms with van der Waals surface area (Å²) in [6.45, 7) is 9.18. The van der Waals surface area contributed by atoms with Crippen LogP contribution in [0.15, 0.2) is 23.3 Å². The fourth-order valence-corrected chi connectivity index (χ4v) is 3.43. The highest BCUT2D eigenvalue weighted by molar-refractivity contribution is 14.0. The van der Waals surface area contributed by atoms with Gasteiger partial charge < -0.3 is 10.6 Å². The molecule has 2 aliphatic rings. The Morgan fingerprint density at radius 2 is 2.21 bits per heavy atom. The van der Waals surface area contributed by atoms with Crippen molar-refractivity contribution in [1.29, 1.82) is 0 Å². The summed E-state index contributed by atoms with van der Waals surface area (Å²) in [4.78, 5) is 11.8. The minimum atomic E-state index is 0. The number of nitrogens with one attached hydrogen (secondary N) is 2. The SMILES string of the molecule is CCNC(=NCc1ncccc1C)NC1CC(C)N(C2CC2)C1.I. The minimum Gasteiger partial charge on any atom is -0.357 e. The number of hydrogen-bond acceptors (Lipinski definition) is 3. The van der Waals surface area contributed by atoms with E-state index >= 15 is 0 Å². The van der Waals surface area contributed by atoms with E-state index in [1.165, 1.54) is 24.8 Å². The minimum absolute atomic E-state index is 0. The molecule has 2 unspecified atom stereocenters. The molecule has 1 aromatic rings. The summed E-state index contributed by atoms with van der Waals surface area (Å²) in [5, 5.41) is 6.99. The average molecular weight is 443 g/mol. The zero-order valence-corrected chi connectivity index (χ0v) is 17.3. The van der Waals surface area contributed by atoms with Crippen molar-refractivity contribution >= 4 is 29.9 Å². The second-order valence-electron chi connectivity index (χ2n) is 6.82. The van der Waals surface area contributed by atoms with E-state index in [0.717, 1.165) is 30.8 Å². The summed E-state index contributed by atoms with van der Waals surface area (Å²) in [6.07, 6.45) is 5.79. The molecule has 1 aliphatic carbocycles. The van der Waals surface area contributed by atoms with Gasteiger partial charge in [0.25, 0.3) is 0 Å². The van der Waals surface area contributed by atoms with Crippen LogP contribution >= 0.6 is 24.0 Å². The summed E-state index contributed by atoms with van der Waals surface area (Å²) < 4.78 is 0. The molecule has 5 nitrogen and oxygen atoms in total. The lowest BCUT2D eigenvalue weighted by Gasteiger charge is -2.20. The van der Waals surface area contributed by atoms with Gasteiger partial charge in [0.05, 0.1) is 12.2 Å². The fraction of sp³-hybridized carbons (Fsp3) is 0.667. The quantitative estimate of drug-likeness (QED) is 0.418. The van der Waals surface area contributed by atoms with Crippen LogP contribution in [0.5, 0.6) is 0 Å². The molecular formula is C18H30IN5. The summed E-state index contributed by atoms with van der Waals surface area (Å²) in [5.41, 5.74) is 2.24. The zero-order valence-electron chi connectivity index (χ0n) is 15.0. The number of aromatic nitrogens is 1. The summed E-state index contributed by atoms with van der Waals surface area (Å²) in [6, 6.07) is 6.07. The van der Waals surface area contributed by atoms with E-state index in [1.807, 2.05) is 12.3 Å². The maximum atomic E-state index is 4.73. The van der Waals surface area contributed by atoms with E-state index in [-0.39, 0.29) is 24.0 Å². The van der Waals surface area contributed by atoms with E-state index < -0.39 is 0 Å². The van der Waals surface area contributed by atoms with E-state index in [2.05, 4.69) is 47.4 Å². The molecule has 134 valence electrons. The van der Waals surface area contributed by atoms with Crippen molar-refractivity contribution in [3.8, 4) is 0 Å². The number of rotatable bonds is 5. The molecule has 1 aliphatic heterocycles. The molecule has 1 saturated carbocycles. The number of guanidine groups is 1. The van der Waals surface area contributed by atoms with E-state index in [1.54, 1.807) is 0 Å². The highest BCUT2D eigenvalue weighted by Crippen LogP contribution is 2.33. The highest BCUT2D eigenvalue weighted by atomic mass is 127. The van der Waals surface area contributed by atoms with Gasteiger partial charge in [0.2, 0.25) is 0 Å². The van der Waals surface area contributed by atoms with Crippen molar-refractivity contribution in [3.63, 3.8) is 0 Å². The van der Waals surface area contributed by atoms with Gasteiger partial charge in [0.15, 0.2) is 5.96 Å². The van der Waals surface area contributed by atoms with Crippen molar-refractivity contribution in [2.45, 2.75) is 64.7 Å². The zero-order chi connectivity index (χ0) is 16.2. The first kappa shape index (κ1) is 19.4. The lowest BCUT2D eigenvalue weighted by molar-refractivity contribution is 0.256.